The van der Waals surface area contributed by atoms with Crippen LogP contribution in [-0.2, 0) is 11.4 Å². The Labute approximate surface area is 175 Å². The first-order valence-electron chi connectivity index (χ1n) is 8.52. The van der Waals surface area contributed by atoms with E-state index in [4.69, 9.17) is 5.73 Å². The number of anilines is 1. The van der Waals surface area contributed by atoms with Gasteiger partial charge in [0, 0.05) is 11.1 Å². The van der Waals surface area contributed by atoms with Gasteiger partial charge in [-0.15, -0.1) is 4.72 Å². The van der Waals surface area contributed by atoms with E-state index in [9.17, 15) is 8.94 Å². The average molecular weight is 463 g/mol. The Morgan fingerprint density at radius 1 is 1.14 bits per heavy atom. The van der Waals surface area contributed by atoms with E-state index >= 15 is 0 Å². The molecule has 8 heteroatoms. The lowest BCUT2D eigenvalue weighted by molar-refractivity contribution is 0.491. The largest absolute Gasteiger partial charge is 0.593 e. The van der Waals surface area contributed by atoms with Crippen molar-refractivity contribution in [2.45, 2.75) is 31.2 Å². The third-order valence-electron chi connectivity index (χ3n) is 3.80. The zero-order valence-electron chi connectivity index (χ0n) is 15.7. The minimum atomic E-state index is -1.43. The summed E-state index contributed by atoms with van der Waals surface area (Å²) >= 11 is 1.77. The topological polar surface area (TPSA) is 86.9 Å². The third kappa shape index (κ3) is 4.70. The van der Waals surface area contributed by atoms with Gasteiger partial charge >= 0.3 is 0 Å². The molecule has 5 nitrogen and oxygen atoms in total. The van der Waals surface area contributed by atoms with E-state index in [-0.39, 0.29) is 11.4 Å². The molecule has 0 radical (unpaired) electrons. The molecule has 0 amide bonds. The predicted octanol–water partition coefficient (Wildman–Crippen LogP) is 4.71. The lowest BCUT2D eigenvalue weighted by atomic mass is 10.0. The van der Waals surface area contributed by atoms with Crippen molar-refractivity contribution in [3.8, 4) is 22.4 Å². The first kappa shape index (κ1) is 20.7. The summed E-state index contributed by atoms with van der Waals surface area (Å²) in [5.41, 5.74) is 7.33. The molecule has 0 aliphatic carbocycles. The second-order valence-corrected chi connectivity index (χ2v) is 9.18. The summed E-state index contributed by atoms with van der Waals surface area (Å²) in [6.07, 6.45) is 1.43. The quantitative estimate of drug-likeness (QED) is 0.548. The summed E-state index contributed by atoms with van der Waals surface area (Å²) in [7, 11) is 0. The Morgan fingerprint density at radius 2 is 1.86 bits per heavy atom. The number of nitrogens with two attached hydrogens (primary N) is 1. The van der Waals surface area contributed by atoms with E-state index in [0.29, 0.717) is 31.9 Å². The van der Waals surface area contributed by atoms with E-state index in [0.717, 1.165) is 0 Å². The first-order chi connectivity index (χ1) is 13.2. The molecule has 0 bridgehead atoms. The maximum Gasteiger partial charge on any atom is 0.181 e. The molecule has 0 fully saturated rings. The Hall–Kier alpha value is -2.00. The van der Waals surface area contributed by atoms with Crippen LogP contribution < -0.4 is 10.5 Å². The Morgan fingerprint density at radius 3 is 2.50 bits per heavy atom. The van der Waals surface area contributed by atoms with E-state index in [2.05, 4.69) is 30.6 Å². The maximum atomic E-state index is 14.9. The number of benzene rings is 2. The lowest BCUT2D eigenvalue weighted by Gasteiger charge is -2.23. The average Bonchev–Trinajstić information content (AvgIpc) is 2.62. The van der Waals surface area contributed by atoms with Crippen molar-refractivity contribution in [3.63, 3.8) is 0 Å². The highest BCUT2D eigenvalue weighted by atomic mass is 79.9. The van der Waals surface area contributed by atoms with Crippen LogP contribution in [0.3, 0.4) is 0 Å². The van der Waals surface area contributed by atoms with Gasteiger partial charge in [-0.3, -0.25) is 0 Å². The molecule has 3 aromatic rings. The standard InChI is InChI=1S/C20H20BrFN4OS/c1-20(2,3)26-28(27)17-7-5-4-6-13(17)12-8-9-14(15(22)10-12)16-11-24-19(23)18(21)25-16/h4-11,26H,1-3H3,(H2,23,24). The van der Waals surface area contributed by atoms with Gasteiger partial charge < -0.3 is 10.3 Å². The van der Waals surface area contributed by atoms with Gasteiger partial charge in [0.05, 0.1) is 28.8 Å². The van der Waals surface area contributed by atoms with Gasteiger partial charge in [-0.1, -0.05) is 18.2 Å². The van der Waals surface area contributed by atoms with Crippen molar-refractivity contribution in [3.05, 3.63) is 59.1 Å². The molecule has 0 aliphatic heterocycles. The predicted molar refractivity (Wildman–Crippen MR) is 114 cm³/mol. The number of nitrogens with zero attached hydrogens (tertiary/aromatic N) is 2. The lowest BCUT2D eigenvalue weighted by Crippen LogP contribution is -2.40. The Bertz CT molecular complexity index is 1010. The first-order valence-corrected chi connectivity index (χ1v) is 10.5. The number of nitrogen functional groups attached to an aromatic ring is 1. The zero-order chi connectivity index (χ0) is 20.5. The molecule has 3 rings (SSSR count). The summed E-state index contributed by atoms with van der Waals surface area (Å²) in [6, 6.07) is 12.1. The monoisotopic (exact) mass is 462 g/mol. The highest BCUT2D eigenvalue weighted by Gasteiger charge is 2.24. The van der Waals surface area contributed by atoms with E-state index in [1.54, 1.807) is 18.2 Å². The third-order valence-corrected chi connectivity index (χ3v) is 5.93. The molecule has 0 saturated heterocycles. The van der Waals surface area contributed by atoms with Crippen LogP contribution in [0.15, 0.2) is 58.2 Å². The molecular formula is C20H20BrFN4OS. The Balaban J connectivity index is 2.00. The van der Waals surface area contributed by atoms with Crippen molar-refractivity contribution < 1.29 is 8.94 Å². The summed E-state index contributed by atoms with van der Waals surface area (Å²) in [6.45, 7) is 5.81. The van der Waals surface area contributed by atoms with Gasteiger partial charge in [0.25, 0.3) is 0 Å². The van der Waals surface area contributed by atoms with Crippen molar-refractivity contribution in [1.29, 1.82) is 0 Å². The van der Waals surface area contributed by atoms with Gasteiger partial charge in [0.2, 0.25) is 0 Å². The van der Waals surface area contributed by atoms with Crippen LogP contribution >= 0.6 is 15.9 Å². The van der Waals surface area contributed by atoms with Gasteiger partial charge in [-0.05, 0) is 66.5 Å². The minimum Gasteiger partial charge on any atom is -0.593 e. The maximum absolute atomic E-state index is 14.9. The number of hydrogen-bond acceptors (Lipinski definition) is 5. The molecule has 0 aliphatic rings. The second kappa shape index (κ2) is 8.16. The van der Waals surface area contributed by atoms with Crippen LogP contribution in [0.2, 0.25) is 0 Å². The summed E-state index contributed by atoms with van der Waals surface area (Å²) in [5, 5.41) is 0. The van der Waals surface area contributed by atoms with Crippen molar-refractivity contribution in [1.82, 2.24) is 14.7 Å². The minimum absolute atomic E-state index is 0.239. The zero-order valence-corrected chi connectivity index (χ0v) is 18.1. The fourth-order valence-corrected chi connectivity index (χ4v) is 4.14. The summed E-state index contributed by atoms with van der Waals surface area (Å²) < 4.78 is 31.0. The SMILES string of the molecule is CC(C)(C)N[S+]([O-])c1ccccc1-c1ccc(-c2cnc(N)c(Br)n2)c(F)c1. The molecule has 28 heavy (non-hydrogen) atoms. The normalized spacial score (nSPS) is 12.8. The van der Waals surface area contributed by atoms with Gasteiger partial charge in [0.15, 0.2) is 10.7 Å². The number of nitrogens with one attached hydrogen (secondary N) is 1. The number of halogens is 2. The van der Waals surface area contributed by atoms with Crippen LogP contribution in [0.5, 0.6) is 0 Å². The van der Waals surface area contributed by atoms with Crippen molar-refractivity contribution in [2.75, 3.05) is 5.73 Å². The van der Waals surface area contributed by atoms with Crippen LogP contribution in [0.4, 0.5) is 10.2 Å². The van der Waals surface area contributed by atoms with E-state index in [1.165, 1.54) is 12.3 Å². The smallest absolute Gasteiger partial charge is 0.181 e. The van der Waals surface area contributed by atoms with Crippen LogP contribution in [0.1, 0.15) is 20.8 Å². The van der Waals surface area contributed by atoms with Gasteiger partial charge in [0.1, 0.15) is 10.4 Å². The molecule has 1 unspecified atom stereocenters. The molecule has 0 spiro atoms. The summed E-state index contributed by atoms with van der Waals surface area (Å²) in [4.78, 5) is 8.82. The molecule has 1 atom stereocenters. The molecular weight excluding hydrogens is 443 g/mol. The summed E-state index contributed by atoms with van der Waals surface area (Å²) in [5.74, 6) is -0.212. The van der Waals surface area contributed by atoms with Crippen LogP contribution in [0, 0.1) is 5.82 Å². The molecule has 1 aromatic heterocycles. The number of aromatic nitrogens is 2. The van der Waals surface area contributed by atoms with E-state index < -0.39 is 17.2 Å². The fourth-order valence-electron chi connectivity index (χ4n) is 2.60. The highest BCUT2D eigenvalue weighted by Crippen LogP contribution is 2.32. The van der Waals surface area contributed by atoms with Crippen LogP contribution in [-0.4, -0.2) is 20.1 Å². The molecule has 1 heterocycles. The van der Waals surface area contributed by atoms with E-state index in [1.807, 2.05) is 39.0 Å². The Kier molecular flexibility index (Phi) is 6.04. The van der Waals surface area contributed by atoms with Crippen LogP contribution in [0.25, 0.3) is 22.4 Å². The van der Waals surface area contributed by atoms with Crippen molar-refractivity contribution >= 4 is 33.1 Å². The second-order valence-electron chi connectivity index (χ2n) is 7.24. The molecule has 2 aromatic carbocycles. The number of hydrogen-bond donors (Lipinski definition) is 2. The molecule has 146 valence electrons. The van der Waals surface area contributed by atoms with Crippen molar-refractivity contribution in [2.24, 2.45) is 0 Å². The van der Waals surface area contributed by atoms with Gasteiger partial charge in [-0.25, -0.2) is 14.4 Å². The number of rotatable bonds is 4. The molecule has 0 saturated carbocycles. The van der Waals surface area contributed by atoms with Gasteiger partial charge in [-0.2, -0.15) is 0 Å². The fraction of sp³-hybridized carbons (Fsp3) is 0.200. The molecule has 3 N–H and O–H groups in total. The highest BCUT2D eigenvalue weighted by molar-refractivity contribution is 9.10.